The minimum Gasteiger partial charge on any atom is -0.374 e. The Morgan fingerprint density at radius 2 is 2.00 bits per heavy atom. The van der Waals surface area contributed by atoms with Gasteiger partial charge >= 0.3 is 0 Å². The van der Waals surface area contributed by atoms with E-state index in [9.17, 15) is 18.8 Å². The fraction of sp³-hybridized carbons (Fsp3) is 0.368. The van der Waals surface area contributed by atoms with E-state index >= 15 is 0 Å². The number of hydrogen-bond donors (Lipinski definition) is 2. The van der Waals surface area contributed by atoms with Gasteiger partial charge in [-0.3, -0.25) is 4.79 Å². The van der Waals surface area contributed by atoms with Crippen molar-refractivity contribution in [2.45, 2.75) is 45.1 Å². The van der Waals surface area contributed by atoms with Crippen LogP contribution in [0.3, 0.4) is 0 Å². The summed E-state index contributed by atoms with van der Waals surface area (Å²) in [5.74, 6) is -2.24. The molecule has 1 atom stereocenters. The number of amides is 1. The predicted octanol–water partition coefficient (Wildman–Crippen LogP) is 4.61. The van der Waals surface area contributed by atoms with Gasteiger partial charge in [0.25, 0.3) is 0 Å². The van der Waals surface area contributed by atoms with E-state index in [1.165, 1.54) is 22.3 Å². The second-order valence-electron chi connectivity index (χ2n) is 6.36. The maximum atomic E-state index is 13.3. The Bertz CT molecular complexity index is 872. The zero-order valence-corrected chi connectivity index (χ0v) is 15.2. The molecular formula is C19H19F2N3OS. The van der Waals surface area contributed by atoms with Crippen LogP contribution in [0.15, 0.2) is 18.2 Å². The molecule has 0 saturated heterocycles. The van der Waals surface area contributed by atoms with Crippen molar-refractivity contribution in [3.63, 3.8) is 0 Å². The van der Waals surface area contributed by atoms with Gasteiger partial charge < -0.3 is 10.6 Å². The van der Waals surface area contributed by atoms with Gasteiger partial charge in [0.05, 0.1) is 5.56 Å². The molecule has 0 aliphatic heterocycles. The summed E-state index contributed by atoms with van der Waals surface area (Å²) in [6.07, 6.45) is 5.11. The number of halogens is 2. The van der Waals surface area contributed by atoms with Gasteiger partial charge in [-0.15, -0.1) is 11.3 Å². The highest BCUT2D eigenvalue weighted by atomic mass is 32.1. The molecule has 0 spiro atoms. The predicted molar refractivity (Wildman–Crippen MR) is 98.4 cm³/mol. The van der Waals surface area contributed by atoms with Crippen LogP contribution >= 0.6 is 11.3 Å². The van der Waals surface area contributed by atoms with Crippen LogP contribution < -0.4 is 10.6 Å². The van der Waals surface area contributed by atoms with Gasteiger partial charge in [-0.1, -0.05) is 6.42 Å². The van der Waals surface area contributed by atoms with E-state index in [0.29, 0.717) is 16.3 Å². The molecule has 1 aromatic heterocycles. The zero-order chi connectivity index (χ0) is 18.7. The average molecular weight is 375 g/mol. The van der Waals surface area contributed by atoms with E-state index in [1.807, 2.05) is 0 Å². The number of benzene rings is 1. The lowest BCUT2D eigenvalue weighted by molar-refractivity contribution is -0.116. The number of anilines is 2. The monoisotopic (exact) mass is 375 g/mol. The van der Waals surface area contributed by atoms with E-state index in [1.54, 1.807) is 6.92 Å². The fourth-order valence-corrected chi connectivity index (χ4v) is 4.31. The van der Waals surface area contributed by atoms with Crippen LogP contribution in [0.2, 0.25) is 0 Å². The number of carbonyl (C=O) groups is 1. The summed E-state index contributed by atoms with van der Waals surface area (Å²) < 4.78 is 26.3. The second kappa shape index (κ2) is 7.83. The normalized spacial score (nSPS) is 14.7. The number of thiophene rings is 1. The van der Waals surface area contributed by atoms with E-state index < -0.39 is 17.7 Å². The maximum absolute atomic E-state index is 13.3. The number of nitrogens with zero attached hydrogens (tertiary/aromatic N) is 1. The quantitative estimate of drug-likeness (QED) is 0.767. The van der Waals surface area contributed by atoms with Crippen molar-refractivity contribution >= 4 is 27.9 Å². The van der Waals surface area contributed by atoms with Crippen LogP contribution in [0.5, 0.6) is 0 Å². The summed E-state index contributed by atoms with van der Waals surface area (Å²) in [4.78, 5) is 13.6. The van der Waals surface area contributed by atoms with Gasteiger partial charge in [-0.25, -0.2) is 8.78 Å². The largest absolute Gasteiger partial charge is 0.374 e. The average Bonchev–Trinajstić information content (AvgIpc) is 2.77. The van der Waals surface area contributed by atoms with Gasteiger partial charge in [0.2, 0.25) is 5.91 Å². The third kappa shape index (κ3) is 3.86. The topological polar surface area (TPSA) is 64.9 Å². The third-order valence-corrected chi connectivity index (χ3v) is 5.67. The molecular weight excluding hydrogens is 356 g/mol. The van der Waals surface area contributed by atoms with Crippen molar-refractivity contribution < 1.29 is 13.6 Å². The van der Waals surface area contributed by atoms with Gasteiger partial charge in [0.15, 0.2) is 11.6 Å². The Balaban J connectivity index is 1.73. The van der Waals surface area contributed by atoms with Crippen molar-refractivity contribution in [3.05, 3.63) is 45.8 Å². The number of aryl methyl sites for hydroxylation is 1. The molecule has 1 amide bonds. The van der Waals surface area contributed by atoms with Crippen molar-refractivity contribution in [2.24, 2.45) is 0 Å². The molecule has 4 nitrogen and oxygen atoms in total. The molecule has 0 radical (unpaired) electrons. The van der Waals surface area contributed by atoms with E-state index in [4.69, 9.17) is 0 Å². The van der Waals surface area contributed by atoms with Crippen LogP contribution in [0.25, 0.3) is 0 Å². The molecule has 1 heterocycles. The van der Waals surface area contributed by atoms with E-state index in [-0.39, 0.29) is 5.91 Å². The Hall–Kier alpha value is -2.46. The number of carbonyl (C=O) groups excluding carboxylic acids is 1. The number of rotatable bonds is 4. The first-order chi connectivity index (χ1) is 12.5. The molecule has 0 fully saturated rings. The highest BCUT2D eigenvalue weighted by Crippen LogP contribution is 2.37. The minimum atomic E-state index is -0.976. The van der Waals surface area contributed by atoms with Crippen molar-refractivity contribution in [2.75, 3.05) is 10.6 Å². The first-order valence-electron chi connectivity index (χ1n) is 8.56. The molecule has 1 aliphatic rings. The molecule has 0 saturated carbocycles. The van der Waals surface area contributed by atoms with Gasteiger partial charge in [-0.05, 0) is 50.3 Å². The van der Waals surface area contributed by atoms with Crippen LogP contribution in [-0.2, 0) is 17.6 Å². The summed E-state index contributed by atoms with van der Waals surface area (Å²) in [7, 11) is 0. The number of hydrogen-bond acceptors (Lipinski definition) is 4. The van der Waals surface area contributed by atoms with Gasteiger partial charge in [0, 0.05) is 16.6 Å². The van der Waals surface area contributed by atoms with E-state index in [2.05, 4.69) is 16.7 Å². The van der Waals surface area contributed by atoms with Gasteiger partial charge in [-0.2, -0.15) is 5.26 Å². The first-order valence-corrected chi connectivity index (χ1v) is 9.38. The van der Waals surface area contributed by atoms with Crippen molar-refractivity contribution in [1.29, 1.82) is 5.26 Å². The van der Waals surface area contributed by atoms with Crippen LogP contribution in [0, 0.1) is 23.0 Å². The SMILES string of the molecule is C[C@@H](Nc1ccc(F)c(F)c1)C(=O)Nc1sc2c(c1C#N)CCCCC2. The lowest BCUT2D eigenvalue weighted by Gasteiger charge is -2.15. The smallest absolute Gasteiger partial charge is 0.247 e. The first kappa shape index (κ1) is 18.3. The Kier molecular flexibility index (Phi) is 5.52. The van der Waals surface area contributed by atoms with Crippen LogP contribution in [-0.4, -0.2) is 11.9 Å². The molecule has 1 aliphatic carbocycles. The molecule has 7 heteroatoms. The lowest BCUT2D eigenvalue weighted by Crippen LogP contribution is -2.31. The van der Waals surface area contributed by atoms with Crippen LogP contribution in [0.4, 0.5) is 19.5 Å². The highest BCUT2D eigenvalue weighted by Gasteiger charge is 2.22. The Morgan fingerprint density at radius 3 is 2.73 bits per heavy atom. The summed E-state index contributed by atoms with van der Waals surface area (Å²) >= 11 is 1.46. The summed E-state index contributed by atoms with van der Waals surface area (Å²) in [6.45, 7) is 1.63. The standard InChI is InChI=1S/C19H19F2N3OS/c1-11(23-12-7-8-15(20)16(21)9-12)18(25)24-19-14(10-22)13-5-3-2-4-6-17(13)26-19/h7-9,11,23H,2-6H2,1H3,(H,24,25)/t11-/m1/s1. The molecule has 2 aromatic rings. The lowest BCUT2D eigenvalue weighted by atomic mass is 10.1. The Morgan fingerprint density at radius 1 is 1.23 bits per heavy atom. The molecule has 26 heavy (non-hydrogen) atoms. The number of fused-ring (bicyclic) bond motifs is 1. The summed E-state index contributed by atoms with van der Waals surface area (Å²) in [5.41, 5.74) is 1.93. The van der Waals surface area contributed by atoms with Crippen molar-refractivity contribution in [1.82, 2.24) is 0 Å². The van der Waals surface area contributed by atoms with Crippen molar-refractivity contribution in [3.8, 4) is 6.07 Å². The third-order valence-electron chi connectivity index (χ3n) is 4.47. The fourth-order valence-electron chi connectivity index (χ4n) is 3.07. The Labute approximate surface area is 154 Å². The highest BCUT2D eigenvalue weighted by molar-refractivity contribution is 7.16. The van der Waals surface area contributed by atoms with Gasteiger partial charge in [0.1, 0.15) is 17.1 Å². The van der Waals surface area contributed by atoms with E-state index in [0.717, 1.165) is 49.8 Å². The maximum Gasteiger partial charge on any atom is 0.247 e. The molecule has 2 N–H and O–H groups in total. The zero-order valence-electron chi connectivity index (χ0n) is 14.4. The second-order valence-corrected chi connectivity index (χ2v) is 7.47. The number of nitrogens with one attached hydrogen (secondary N) is 2. The molecule has 1 aromatic carbocycles. The summed E-state index contributed by atoms with van der Waals surface area (Å²) in [6, 6.07) is 4.94. The molecule has 0 bridgehead atoms. The molecule has 3 rings (SSSR count). The minimum absolute atomic E-state index is 0.314. The number of nitriles is 1. The summed E-state index contributed by atoms with van der Waals surface area (Å²) in [5, 5.41) is 15.7. The molecule has 136 valence electrons. The molecule has 0 unspecified atom stereocenters. The van der Waals surface area contributed by atoms with Crippen LogP contribution in [0.1, 0.15) is 42.2 Å².